The van der Waals surface area contributed by atoms with Gasteiger partial charge in [-0.15, -0.1) is 0 Å². The molecule has 0 saturated carbocycles. The lowest BCUT2D eigenvalue weighted by molar-refractivity contribution is -0.114. The van der Waals surface area contributed by atoms with E-state index < -0.39 is 11.8 Å². The van der Waals surface area contributed by atoms with Gasteiger partial charge in [0.2, 0.25) is 17.6 Å². The first-order valence-corrected chi connectivity index (χ1v) is 11.5. The zero-order valence-electron chi connectivity index (χ0n) is 21.7. The van der Waals surface area contributed by atoms with Crippen LogP contribution in [0.15, 0.2) is 24.7 Å². The maximum absolute atomic E-state index is 12.8. The number of hydrogen-bond donors (Lipinski definition) is 4. The molecule has 3 heterocycles. The summed E-state index contributed by atoms with van der Waals surface area (Å²) in [5.41, 5.74) is 0.777. The number of carbonyl (C=O) groups excluding carboxylic acids is 4. The van der Waals surface area contributed by atoms with Crippen LogP contribution in [0.2, 0.25) is 0 Å². The van der Waals surface area contributed by atoms with Crippen molar-refractivity contribution in [1.82, 2.24) is 33.9 Å². The van der Waals surface area contributed by atoms with E-state index in [4.69, 9.17) is 0 Å². The molecule has 0 fully saturated rings. The highest BCUT2D eigenvalue weighted by Crippen LogP contribution is 2.16. The summed E-state index contributed by atoms with van der Waals surface area (Å²) >= 11 is 0. The van der Waals surface area contributed by atoms with Crippen LogP contribution >= 0.6 is 0 Å². The van der Waals surface area contributed by atoms with Gasteiger partial charge in [0.1, 0.15) is 5.69 Å². The quantitative estimate of drug-likeness (QED) is 0.290. The summed E-state index contributed by atoms with van der Waals surface area (Å²) in [6.07, 6.45) is 5.43. The number of nitrogens with one attached hydrogen (secondary N) is 4. The molecule has 14 nitrogen and oxygen atoms in total. The Labute approximate surface area is 214 Å². The second-order valence-corrected chi connectivity index (χ2v) is 8.85. The first kappa shape index (κ1) is 27.1. The third kappa shape index (κ3) is 7.04. The predicted octanol–water partition coefficient (Wildman–Crippen LogP) is 0.637. The molecule has 3 aromatic rings. The van der Waals surface area contributed by atoms with Gasteiger partial charge in [-0.2, -0.15) is 0 Å². The van der Waals surface area contributed by atoms with Crippen LogP contribution in [0.1, 0.15) is 45.1 Å². The van der Waals surface area contributed by atoms with Crippen LogP contribution in [0.4, 0.5) is 17.3 Å². The van der Waals surface area contributed by atoms with E-state index in [1.54, 1.807) is 31.9 Å². The van der Waals surface area contributed by atoms with Gasteiger partial charge in [0.05, 0.1) is 5.69 Å². The SMILES string of the molecule is CC(=O)Nc1cc(C(=O)Nc2cn(C)c(C(=O)Nc3cn(C)c(C(=O)NCCCN(C)C)n3)n2)n(C)c1. The van der Waals surface area contributed by atoms with E-state index in [0.717, 1.165) is 13.0 Å². The van der Waals surface area contributed by atoms with Gasteiger partial charge in [0.15, 0.2) is 11.6 Å². The van der Waals surface area contributed by atoms with Crippen LogP contribution in [-0.4, -0.2) is 79.4 Å². The average Bonchev–Trinajstić information content (AvgIpc) is 3.46. The number of carbonyl (C=O) groups is 4. The van der Waals surface area contributed by atoms with Gasteiger partial charge in [0, 0.05) is 53.2 Å². The Morgan fingerprint density at radius 1 is 0.811 bits per heavy atom. The number of rotatable bonds is 10. The minimum atomic E-state index is -0.564. The summed E-state index contributed by atoms with van der Waals surface area (Å²) in [6.45, 7) is 2.73. The lowest BCUT2D eigenvalue weighted by atomic mass is 10.3. The molecule has 0 aliphatic rings. The molecule has 0 saturated heterocycles. The largest absolute Gasteiger partial charge is 0.349 e. The summed E-state index contributed by atoms with van der Waals surface area (Å²) in [5.74, 6) is -1.08. The standard InChI is InChI=1S/C23H32N10O4/c1-14(34)25-15-10-16(31(4)11-15)21(35)28-17-12-33(6)20(27-17)23(37)29-18-13-32(5)19(26-18)22(36)24-8-7-9-30(2)3/h10-13H,7-9H2,1-6H3,(H,24,36)(H,25,34)(H,28,35)(H,29,37). The Hall–Kier alpha value is -4.46. The van der Waals surface area contributed by atoms with Gasteiger partial charge in [0.25, 0.3) is 17.7 Å². The smallest absolute Gasteiger partial charge is 0.292 e. The molecular formula is C23H32N10O4. The number of aryl methyl sites for hydroxylation is 3. The van der Waals surface area contributed by atoms with Crippen LogP contribution in [0.3, 0.4) is 0 Å². The van der Waals surface area contributed by atoms with E-state index in [1.165, 1.54) is 34.5 Å². The molecule has 0 aliphatic carbocycles. The molecule has 4 N–H and O–H groups in total. The van der Waals surface area contributed by atoms with Gasteiger partial charge in [-0.3, -0.25) is 19.2 Å². The highest BCUT2D eigenvalue weighted by atomic mass is 16.2. The molecule has 3 rings (SSSR count). The van der Waals surface area contributed by atoms with E-state index in [1.807, 2.05) is 19.0 Å². The van der Waals surface area contributed by atoms with Gasteiger partial charge in [-0.1, -0.05) is 0 Å². The maximum atomic E-state index is 12.8. The minimum absolute atomic E-state index is 0.0291. The number of anilines is 3. The molecule has 4 amide bonds. The molecule has 0 bridgehead atoms. The van der Waals surface area contributed by atoms with Gasteiger partial charge in [-0.05, 0) is 33.1 Å². The summed E-state index contributed by atoms with van der Waals surface area (Å²) in [4.78, 5) is 59.7. The lowest BCUT2D eigenvalue weighted by Crippen LogP contribution is -2.29. The van der Waals surface area contributed by atoms with E-state index in [2.05, 4.69) is 31.2 Å². The molecule has 0 radical (unpaired) electrons. The van der Waals surface area contributed by atoms with E-state index >= 15 is 0 Å². The zero-order chi connectivity index (χ0) is 27.3. The fraction of sp³-hybridized carbons (Fsp3) is 0.391. The van der Waals surface area contributed by atoms with Gasteiger partial charge >= 0.3 is 0 Å². The third-order valence-electron chi connectivity index (χ3n) is 5.27. The molecule has 0 spiro atoms. The number of hydrogen-bond acceptors (Lipinski definition) is 7. The van der Waals surface area contributed by atoms with Crippen molar-refractivity contribution in [3.8, 4) is 0 Å². The summed E-state index contributed by atoms with van der Waals surface area (Å²) in [7, 11) is 8.86. The first-order valence-electron chi connectivity index (χ1n) is 11.5. The fourth-order valence-corrected chi connectivity index (χ4v) is 3.57. The van der Waals surface area contributed by atoms with E-state index in [0.29, 0.717) is 17.9 Å². The van der Waals surface area contributed by atoms with Crippen molar-refractivity contribution in [3.63, 3.8) is 0 Å². The molecule has 0 aromatic carbocycles. The van der Waals surface area contributed by atoms with Crippen LogP contribution in [0.25, 0.3) is 0 Å². The Kier molecular flexibility index (Phi) is 8.45. The fourth-order valence-electron chi connectivity index (χ4n) is 3.57. The van der Waals surface area contributed by atoms with Crippen molar-refractivity contribution >= 4 is 41.0 Å². The lowest BCUT2D eigenvalue weighted by Gasteiger charge is -2.09. The zero-order valence-corrected chi connectivity index (χ0v) is 21.7. The van der Waals surface area contributed by atoms with Crippen LogP contribution < -0.4 is 21.3 Å². The number of nitrogens with zero attached hydrogens (tertiary/aromatic N) is 6. The Morgan fingerprint density at radius 2 is 1.38 bits per heavy atom. The first-order chi connectivity index (χ1) is 17.4. The van der Waals surface area contributed by atoms with Crippen LogP contribution in [-0.2, 0) is 25.9 Å². The Morgan fingerprint density at radius 3 is 1.95 bits per heavy atom. The number of amides is 4. The van der Waals surface area contributed by atoms with Crippen molar-refractivity contribution < 1.29 is 19.2 Å². The van der Waals surface area contributed by atoms with Crippen LogP contribution in [0.5, 0.6) is 0 Å². The molecule has 14 heteroatoms. The van der Waals surface area contributed by atoms with Crippen molar-refractivity contribution in [3.05, 3.63) is 42.0 Å². The summed E-state index contributed by atoms with van der Waals surface area (Å²) in [5, 5.41) is 10.7. The van der Waals surface area contributed by atoms with Gasteiger partial charge < -0.3 is 39.9 Å². The molecular weight excluding hydrogens is 480 g/mol. The molecule has 3 aromatic heterocycles. The van der Waals surface area contributed by atoms with Crippen LogP contribution in [0, 0.1) is 0 Å². The third-order valence-corrected chi connectivity index (χ3v) is 5.27. The molecule has 0 atom stereocenters. The maximum Gasteiger partial charge on any atom is 0.292 e. The highest BCUT2D eigenvalue weighted by molar-refractivity contribution is 6.05. The molecule has 37 heavy (non-hydrogen) atoms. The number of aromatic nitrogens is 5. The molecule has 0 aliphatic heterocycles. The van der Waals surface area contributed by atoms with Crippen molar-refractivity contribution in [2.45, 2.75) is 13.3 Å². The van der Waals surface area contributed by atoms with Crippen molar-refractivity contribution in [2.24, 2.45) is 21.1 Å². The second kappa shape index (κ2) is 11.5. The average molecular weight is 513 g/mol. The summed E-state index contributed by atoms with van der Waals surface area (Å²) in [6, 6.07) is 1.53. The van der Waals surface area contributed by atoms with E-state index in [-0.39, 0.29) is 35.1 Å². The van der Waals surface area contributed by atoms with Crippen molar-refractivity contribution in [1.29, 1.82) is 0 Å². The molecule has 0 unspecified atom stereocenters. The minimum Gasteiger partial charge on any atom is -0.349 e. The van der Waals surface area contributed by atoms with Crippen molar-refractivity contribution in [2.75, 3.05) is 43.1 Å². The molecule has 198 valence electrons. The Balaban J connectivity index is 1.63. The van der Waals surface area contributed by atoms with Gasteiger partial charge in [-0.25, -0.2) is 9.97 Å². The summed E-state index contributed by atoms with van der Waals surface area (Å²) < 4.78 is 4.55. The second-order valence-electron chi connectivity index (χ2n) is 8.85. The number of imidazole rings is 2. The predicted molar refractivity (Wildman–Crippen MR) is 138 cm³/mol. The van der Waals surface area contributed by atoms with E-state index in [9.17, 15) is 19.2 Å². The topological polar surface area (TPSA) is 160 Å². The Bertz CT molecular complexity index is 1320. The highest BCUT2D eigenvalue weighted by Gasteiger charge is 2.20. The normalized spacial score (nSPS) is 10.9. The monoisotopic (exact) mass is 512 g/mol.